The highest BCUT2D eigenvalue weighted by Crippen LogP contribution is 2.11. The van der Waals surface area contributed by atoms with E-state index in [-0.39, 0.29) is 12.5 Å². The molecule has 2 aromatic rings. The van der Waals surface area contributed by atoms with E-state index >= 15 is 0 Å². The van der Waals surface area contributed by atoms with Crippen molar-refractivity contribution >= 4 is 17.7 Å². The van der Waals surface area contributed by atoms with Gasteiger partial charge in [0.25, 0.3) is 0 Å². The summed E-state index contributed by atoms with van der Waals surface area (Å²) in [4.78, 5) is 23.6. The Labute approximate surface area is 166 Å². The number of ether oxygens (including phenoxy) is 1. The van der Waals surface area contributed by atoms with Gasteiger partial charge < -0.3 is 21.1 Å². The van der Waals surface area contributed by atoms with Gasteiger partial charge in [-0.3, -0.25) is 4.79 Å². The van der Waals surface area contributed by atoms with Crippen LogP contribution in [0.15, 0.2) is 54.6 Å². The summed E-state index contributed by atoms with van der Waals surface area (Å²) in [5.41, 5.74) is 8.44. The normalized spacial score (nSPS) is 10.3. The quantitative estimate of drug-likeness (QED) is 0.517. The van der Waals surface area contributed by atoms with E-state index in [4.69, 9.17) is 10.5 Å². The van der Waals surface area contributed by atoms with Crippen LogP contribution < -0.4 is 16.4 Å². The largest absolute Gasteiger partial charge is 0.445 e. The number of carbonyl (C=O) groups excluding carboxylic acids is 2. The van der Waals surface area contributed by atoms with E-state index in [1.165, 1.54) is 0 Å². The van der Waals surface area contributed by atoms with Gasteiger partial charge in [-0.05, 0) is 49.1 Å². The minimum atomic E-state index is -0.417. The highest BCUT2D eigenvalue weighted by Gasteiger charge is 2.04. The van der Waals surface area contributed by atoms with Crippen LogP contribution in [0.5, 0.6) is 0 Å². The van der Waals surface area contributed by atoms with Gasteiger partial charge in [-0.25, -0.2) is 4.79 Å². The average Bonchev–Trinajstić information content (AvgIpc) is 2.71. The molecule has 2 aromatic carbocycles. The van der Waals surface area contributed by atoms with Crippen molar-refractivity contribution in [1.82, 2.24) is 5.32 Å². The molecule has 4 N–H and O–H groups in total. The van der Waals surface area contributed by atoms with Crippen LogP contribution in [0.4, 0.5) is 10.5 Å². The molecule has 0 aliphatic heterocycles. The van der Waals surface area contributed by atoms with E-state index in [9.17, 15) is 9.59 Å². The lowest BCUT2D eigenvalue weighted by atomic mass is 10.1. The predicted molar refractivity (Wildman–Crippen MR) is 111 cm³/mol. The molecule has 0 aliphatic carbocycles. The first-order valence-corrected chi connectivity index (χ1v) is 9.71. The monoisotopic (exact) mass is 383 g/mol. The summed E-state index contributed by atoms with van der Waals surface area (Å²) in [6.45, 7) is 1.42. The Morgan fingerprint density at radius 1 is 0.893 bits per heavy atom. The van der Waals surface area contributed by atoms with Crippen molar-refractivity contribution in [2.45, 2.75) is 38.7 Å². The minimum Gasteiger partial charge on any atom is -0.445 e. The van der Waals surface area contributed by atoms with Crippen LogP contribution in [0.25, 0.3) is 0 Å². The first-order valence-electron chi connectivity index (χ1n) is 9.71. The van der Waals surface area contributed by atoms with E-state index in [0.717, 1.165) is 42.5 Å². The van der Waals surface area contributed by atoms with Gasteiger partial charge in [-0.1, -0.05) is 48.9 Å². The Morgan fingerprint density at radius 2 is 1.64 bits per heavy atom. The van der Waals surface area contributed by atoms with Gasteiger partial charge in [0, 0.05) is 18.7 Å². The van der Waals surface area contributed by atoms with Crippen molar-refractivity contribution < 1.29 is 14.3 Å². The first kappa shape index (κ1) is 21.4. The molecule has 0 atom stereocenters. The molecule has 0 fully saturated rings. The Morgan fingerprint density at radius 3 is 2.36 bits per heavy atom. The summed E-state index contributed by atoms with van der Waals surface area (Å²) >= 11 is 0. The number of hydrogen-bond donors (Lipinski definition) is 3. The molecule has 0 unspecified atom stereocenters. The summed E-state index contributed by atoms with van der Waals surface area (Å²) in [6, 6.07) is 17.3. The first-order chi connectivity index (χ1) is 13.7. The summed E-state index contributed by atoms with van der Waals surface area (Å²) in [5, 5.41) is 5.62. The SMILES string of the molecule is NCCc1ccc(NC(=O)CCCCCNC(=O)OCc2ccccc2)cc1. The highest BCUT2D eigenvalue weighted by atomic mass is 16.5. The molecular formula is C22H29N3O3. The lowest BCUT2D eigenvalue weighted by molar-refractivity contribution is -0.116. The van der Waals surface area contributed by atoms with Gasteiger partial charge in [-0.15, -0.1) is 0 Å². The molecule has 0 radical (unpaired) electrons. The van der Waals surface area contributed by atoms with Gasteiger partial charge in [0.1, 0.15) is 6.61 Å². The average molecular weight is 383 g/mol. The van der Waals surface area contributed by atoms with Crippen LogP contribution >= 0.6 is 0 Å². The number of benzene rings is 2. The number of rotatable bonds is 11. The molecule has 0 spiro atoms. The van der Waals surface area contributed by atoms with Gasteiger partial charge in [0.2, 0.25) is 5.91 Å². The fourth-order valence-corrected chi connectivity index (χ4v) is 2.70. The maximum Gasteiger partial charge on any atom is 0.407 e. The lowest BCUT2D eigenvalue weighted by Gasteiger charge is -2.08. The predicted octanol–water partition coefficient (Wildman–Crippen LogP) is 3.61. The van der Waals surface area contributed by atoms with E-state index in [2.05, 4.69) is 10.6 Å². The number of anilines is 1. The molecule has 0 aliphatic rings. The standard InChI is InChI=1S/C22H29N3O3/c23-15-14-18-10-12-20(13-11-18)25-21(26)9-5-2-6-16-24-22(27)28-17-19-7-3-1-4-8-19/h1,3-4,7-8,10-13H,2,5-6,9,14-17,23H2,(H,24,27)(H,25,26). The number of hydrogen-bond acceptors (Lipinski definition) is 4. The molecule has 6 nitrogen and oxygen atoms in total. The Balaban J connectivity index is 1.50. The zero-order chi connectivity index (χ0) is 20.0. The summed E-state index contributed by atoms with van der Waals surface area (Å²) < 4.78 is 5.14. The van der Waals surface area contributed by atoms with Crippen LogP contribution in [-0.4, -0.2) is 25.1 Å². The third kappa shape index (κ3) is 8.68. The second-order valence-corrected chi connectivity index (χ2v) is 6.58. The van der Waals surface area contributed by atoms with Crippen molar-refractivity contribution in [2.24, 2.45) is 5.73 Å². The van der Waals surface area contributed by atoms with E-state index < -0.39 is 6.09 Å². The summed E-state index contributed by atoms with van der Waals surface area (Å²) in [6.07, 6.45) is 3.33. The van der Waals surface area contributed by atoms with Crippen molar-refractivity contribution in [3.8, 4) is 0 Å². The Hall–Kier alpha value is -2.86. The molecule has 0 heterocycles. The van der Waals surface area contributed by atoms with E-state index in [1.54, 1.807) is 0 Å². The van der Waals surface area contributed by atoms with Gasteiger partial charge in [-0.2, -0.15) is 0 Å². The number of alkyl carbamates (subject to hydrolysis) is 1. The molecule has 150 valence electrons. The molecule has 0 bridgehead atoms. The molecule has 6 heteroatoms. The van der Waals surface area contributed by atoms with Crippen LogP contribution in [0, 0.1) is 0 Å². The summed E-state index contributed by atoms with van der Waals surface area (Å²) in [5.74, 6) is 0.00167. The zero-order valence-electron chi connectivity index (χ0n) is 16.2. The van der Waals surface area contributed by atoms with Crippen molar-refractivity contribution in [3.63, 3.8) is 0 Å². The Kier molecular flexibility index (Phi) is 9.58. The molecule has 2 rings (SSSR count). The molecule has 0 saturated heterocycles. The second-order valence-electron chi connectivity index (χ2n) is 6.58. The summed E-state index contributed by atoms with van der Waals surface area (Å²) in [7, 11) is 0. The number of carbonyl (C=O) groups is 2. The minimum absolute atomic E-state index is 0.00167. The number of nitrogens with one attached hydrogen (secondary N) is 2. The van der Waals surface area contributed by atoms with Crippen molar-refractivity contribution in [2.75, 3.05) is 18.4 Å². The number of unbranched alkanes of at least 4 members (excludes halogenated alkanes) is 2. The molecule has 28 heavy (non-hydrogen) atoms. The van der Waals surface area contributed by atoms with E-state index in [1.807, 2.05) is 54.6 Å². The fourth-order valence-electron chi connectivity index (χ4n) is 2.70. The maximum absolute atomic E-state index is 12.0. The third-order valence-corrected chi connectivity index (χ3v) is 4.23. The lowest BCUT2D eigenvalue weighted by Crippen LogP contribution is -2.25. The highest BCUT2D eigenvalue weighted by molar-refractivity contribution is 5.90. The molecule has 2 amide bonds. The number of nitrogens with two attached hydrogens (primary N) is 1. The van der Waals surface area contributed by atoms with Crippen LogP contribution in [-0.2, 0) is 22.6 Å². The molecular weight excluding hydrogens is 354 g/mol. The topological polar surface area (TPSA) is 93.5 Å². The van der Waals surface area contributed by atoms with E-state index in [0.29, 0.717) is 19.5 Å². The van der Waals surface area contributed by atoms with Gasteiger partial charge in [0.15, 0.2) is 0 Å². The number of amides is 2. The second kappa shape index (κ2) is 12.5. The smallest absolute Gasteiger partial charge is 0.407 e. The third-order valence-electron chi connectivity index (χ3n) is 4.23. The molecule has 0 aromatic heterocycles. The van der Waals surface area contributed by atoms with Crippen LogP contribution in [0.1, 0.15) is 36.8 Å². The fraction of sp³-hybridized carbons (Fsp3) is 0.364. The van der Waals surface area contributed by atoms with Crippen LogP contribution in [0.3, 0.4) is 0 Å². The van der Waals surface area contributed by atoms with Crippen molar-refractivity contribution in [3.05, 3.63) is 65.7 Å². The van der Waals surface area contributed by atoms with Crippen LogP contribution in [0.2, 0.25) is 0 Å². The van der Waals surface area contributed by atoms with Gasteiger partial charge in [0.05, 0.1) is 0 Å². The molecule has 0 saturated carbocycles. The van der Waals surface area contributed by atoms with Crippen molar-refractivity contribution in [1.29, 1.82) is 0 Å². The maximum atomic E-state index is 12.0. The Bertz CT molecular complexity index is 718. The van der Waals surface area contributed by atoms with Gasteiger partial charge >= 0.3 is 6.09 Å². The zero-order valence-corrected chi connectivity index (χ0v) is 16.2.